The van der Waals surface area contributed by atoms with Gasteiger partial charge >= 0.3 is 16.1 Å². The van der Waals surface area contributed by atoms with Gasteiger partial charge in [0.25, 0.3) is 0 Å². The minimum atomic E-state index is -4.20. The van der Waals surface area contributed by atoms with Crippen molar-refractivity contribution < 1.29 is 22.5 Å². The first kappa shape index (κ1) is 16.3. The molecule has 0 aliphatic heterocycles. The molecule has 3 aromatic rings. The summed E-state index contributed by atoms with van der Waals surface area (Å²) >= 11 is 5.76. The molecule has 7 heteroatoms. The molecular weight excluding hydrogens is 352 g/mol. The lowest BCUT2D eigenvalue weighted by Crippen LogP contribution is -2.11. The Bertz CT molecular complexity index is 1040. The van der Waals surface area contributed by atoms with E-state index in [1.165, 1.54) is 18.2 Å². The third-order valence-corrected chi connectivity index (χ3v) is 4.97. The van der Waals surface area contributed by atoms with E-state index in [4.69, 9.17) is 20.9 Å². The standard InChI is InChI=1S/C17H11ClO5S/c18-15-9-8-12(10-14(15)17(19)20)24(21,22)23-16-7-3-5-11-4-1-2-6-13(11)16/h1-10H,(H,19,20). The molecule has 1 N–H and O–H groups in total. The van der Waals surface area contributed by atoms with Gasteiger partial charge in [-0.2, -0.15) is 8.42 Å². The Morgan fingerprint density at radius 2 is 1.71 bits per heavy atom. The second-order valence-electron chi connectivity index (χ2n) is 4.96. The number of carboxylic acid groups (broad SMARTS) is 1. The molecule has 0 aliphatic carbocycles. The van der Waals surface area contributed by atoms with Crippen LogP contribution < -0.4 is 4.18 Å². The zero-order valence-electron chi connectivity index (χ0n) is 12.1. The van der Waals surface area contributed by atoms with Crippen LogP contribution >= 0.6 is 11.6 Å². The third kappa shape index (κ3) is 3.06. The maximum absolute atomic E-state index is 12.5. The average molecular weight is 363 g/mol. The normalized spacial score (nSPS) is 11.4. The molecule has 0 atom stereocenters. The lowest BCUT2D eigenvalue weighted by molar-refractivity contribution is 0.0697. The van der Waals surface area contributed by atoms with Gasteiger partial charge in [-0.15, -0.1) is 0 Å². The molecule has 0 bridgehead atoms. The summed E-state index contributed by atoms with van der Waals surface area (Å²) in [4.78, 5) is 10.8. The summed E-state index contributed by atoms with van der Waals surface area (Å²) in [6.07, 6.45) is 0. The fraction of sp³-hybridized carbons (Fsp3) is 0. The second kappa shape index (κ2) is 6.14. The van der Waals surface area contributed by atoms with Gasteiger partial charge < -0.3 is 9.29 Å². The van der Waals surface area contributed by atoms with Crippen LogP contribution in [0.3, 0.4) is 0 Å². The van der Waals surface area contributed by atoms with Crippen molar-refractivity contribution in [3.63, 3.8) is 0 Å². The largest absolute Gasteiger partial charge is 0.478 e. The number of benzene rings is 3. The van der Waals surface area contributed by atoms with Gasteiger partial charge in [-0.25, -0.2) is 4.79 Å². The molecular formula is C17H11ClO5S. The van der Waals surface area contributed by atoms with Crippen molar-refractivity contribution in [1.29, 1.82) is 0 Å². The summed E-state index contributed by atoms with van der Waals surface area (Å²) in [5, 5.41) is 10.5. The highest BCUT2D eigenvalue weighted by atomic mass is 35.5. The van der Waals surface area contributed by atoms with E-state index in [1.807, 2.05) is 18.2 Å². The SMILES string of the molecule is O=C(O)c1cc(S(=O)(=O)Oc2cccc3ccccc23)ccc1Cl. The monoisotopic (exact) mass is 362 g/mol. The van der Waals surface area contributed by atoms with E-state index in [-0.39, 0.29) is 21.2 Å². The molecule has 0 radical (unpaired) electrons. The van der Waals surface area contributed by atoms with Crippen LogP contribution in [0.25, 0.3) is 10.8 Å². The van der Waals surface area contributed by atoms with Gasteiger partial charge in [-0.3, -0.25) is 0 Å². The maximum atomic E-state index is 12.5. The molecule has 0 amide bonds. The van der Waals surface area contributed by atoms with Crippen molar-refractivity contribution in [1.82, 2.24) is 0 Å². The smallest absolute Gasteiger partial charge is 0.339 e. The molecule has 0 saturated heterocycles. The Kier molecular flexibility index (Phi) is 4.17. The first-order valence-electron chi connectivity index (χ1n) is 6.83. The van der Waals surface area contributed by atoms with Gasteiger partial charge in [0.1, 0.15) is 4.90 Å². The van der Waals surface area contributed by atoms with Crippen LogP contribution in [0.1, 0.15) is 10.4 Å². The number of rotatable bonds is 4. The summed E-state index contributed by atoms with van der Waals surface area (Å²) in [5.74, 6) is -1.15. The van der Waals surface area contributed by atoms with Gasteiger partial charge in [0, 0.05) is 5.39 Å². The summed E-state index contributed by atoms with van der Waals surface area (Å²) < 4.78 is 30.2. The zero-order valence-corrected chi connectivity index (χ0v) is 13.7. The van der Waals surface area contributed by atoms with Gasteiger partial charge in [-0.05, 0) is 29.7 Å². The fourth-order valence-electron chi connectivity index (χ4n) is 2.26. The lowest BCUT2D eigenvalue weighted by atomic mass is 10.1. The van der Waals surface area contributed by atoms with E-state index in [0.29, 0.717) is 5.39 Å². The molecule has 0 aliphatic rings. The molecule has 0 heterocycles. The number of hydrogen-bond acceptors (Lipinski definition) is 4. The van der Waals surface area contributed by atoms with Crippen LogP contribution in [0.15, 0.2) is 65.6 Å². The van der Waals surface area contributed by atoms with Gasteiger partial charge in [0.2, 0.25) is 0 Å². The van der Waals surface area contributed by atoms with Crippen LogP contribution in [-0.4, -0.2) is 19.5 Å². The third-order valence-electron chi connectivity index (χ3n) is 3.41. The highest BCUT2D eigenvalue weighted by molar-refractivity contribution is 7.87. The molecule has 0 fully saturated rings. The lowest BCUT2D eigenvalue weighted by Gasteiger charge is -2.10. The number of fused-ring (bicyclic) bond motifs is 1. The predicted octanol–water partition coefficient (Wildman–Crippen LogP) is 3.96. The Morgan fingerprint density at radius 3 is 2.46 bits per heavy atom. The minimum Gasteiger partial charge on any atom is -0.478 e. The van der Waals surface area contributed by atoms with Crippen LogP contribution in [-0.2, 0) is 10.1 Å². The summed E-state index contributed by atoms with van der Waals surface area (Å²) in [5.41, 5.74) is -0.306. The van der Waals surface area contributed by atoms with Crippen LogP contribution in [0.5, 0.6) is 5.75 Å². The zero-order chi connectivity index (χ0) is 17.3. The molecule has 5 nitrogen and oxygen atoms in total. The quantitative estimate of drug-likeness (QED) is 0.710. The van der Waals surface area contributed by atoms with Crippen LogP contribution in [0, 0.1) is 0 Å². The number of hydrogen-bond donors (Lipinski definition) is 1. The Hall–Kier alpha value is -2.57. The minimum absolute atomic E-state index is 0.0494. The summed E-state index contributed by atoms with van der Waals surface area (Å²) in [7, 11) is -4.20. The molecule has 0 aromatic heterocycles. The van der Waals surface area contributed by atoms with Crippen molar-refractivity contribution in [2.24, 2.45) is 0 Å². The van der Waals surface area contributed by atoms with E-state index in [9.17, 15) is 13.2 Å². The predicted molar refractivity (Wildman–Crippen MR) is 90.2 cm³/mol. The highest BCUT2D eigenvalue weighted by Crippen LogP contribution is 2.29. The highest BCUT2D eigenvalue weighted by Gasteiger charge is 2.21. The van der Waals surface area contributed by atoms with Crippen molar-refractivity contribution in [2.75, 3.05) is 0 Å². The van der Waals surface area contributed by atoms with Gasteiger partial charge in [0.15, 0.2) is 5.75 Å². The van der Waals surface area contributed by atoms with Crippen LogP contribution in [0.4, 0.5) is 0 Å². The number of halogens is 1. The van der Waals surface area contributed by atoms with Crippen molar-refractivity contribution >= 4 is 38.5 Å². The van der Waals surface area contributed by atoms with E-state index in [1.54, 1.807) is 18.2 Å². The van der Waals surface area contributed by atoms with Crippen LogP contribution in [0.2, 0.25) is 5.02 Å². The summed E-state index contributed by atoms with van der Waals surface area (Å²) in [6, 6.07) is 15.6. The molecule has 3 rings (SSSR count). The number of carboxylic acids is 1. The molecule has 24 heavy (non-hydrogen) atoms. The van der Waals surface area contributed by atoms with Gasteiger partial charge in [0.05, 0.1) is 10.6 Å². The second-order valence-corrected chi connectivity index (χ2v) is 6.92. The Labute approximate surface area is 143 Å². The topological polar surface area (TPSA) is 80.7 Å². The first-order valence-corrected chi connectivity index (χ1v) is 8.62. The average Bonchev–Trinajstić information content (AvgIpc) is 2.55. The van der Waals surface area contributed by atoms with E-state index < -0.39 is 16.1 Å². The van der Waals surface area contributed by atoms with Crippen molar-refractivity contribution in [3.8, 4) is 5.75 Å². The Morgan fingerprint density at radius 1 is 1.00 bits per heavy atom. The number of aromatic carboxylic acids is 1. The molecule has 122 valence electrons. The fourth-order valence-corrected chi connectivity index (χ4v) is 3.43. The van der Waals surface area contributed by atoms with E-state index in [2.05, 4.69) is 0 Å². The molecule has 0 saturated carbocycles. The van der Waals surface area contributed by atoms with Crippen molar-refractivity contribution in [2.45, 2.75) is 4.90 Å². The maximum Gasteiger partial charge on any atom is 0.339 e. The van der Waals surface area contributed by atoms with E-state index >= 15 is 0 Å². The molecule has 0 unspecified atom stereocenters. The van der Waals surface area contributed by atoms with E-state index in [0.717, 1.165) is 11.5 Å². The molecule has 0 spiro atoms. The summed E-state index contributed by atoms with van der Waals surface area (Å²) in [6.45, 7) is 0. The van der Waals surface area contributed by atoms with Crippen molar-refractivity contribution in [3.05, 3.63) is 71.2 Å². The molecule has 3 aromatic carbocycles. The van der Waals surface area contributed by atoms with Gasteiger partial charge in [-0.1, -0.05) is 48.0 Å². The number of carbonyl (C=O) groups is 1. The first-order chi connectivity index (χ1) is 11.4. The Balaban J connectivity index is 2.05.